The molecule has 29 heavy (non-hydrogen) atoms. The van der Waals surface area contributed by atoms with Crippen LogP contribution < -0.4 is 10.6 Å². The normalized spacial score (nSPS) is 11.9. The summed E-state index contributed by atoms with van der Waals surface area (Å²) in [6.07, 6.45) is 7.00. The topological polar surface area (TPSA) is 66.9 Å². The van der Waals surface area contributed by atoms with Crippen LogP contribution in [0, 0.1) is 0 Å². The van der Waals surface area contributed by atoms with Crippen molar-refractivity contribution in [3.63, 3.8) is 0 Å². The van der Waals surface area contributed by atoms with Gasteiger partial charge in [0.25, 0.3) is 0 Å². The first-order valence-corrected chi connectivity index (χ1v) is 9.57. The number of hydrogen-bond donors (Lipinski definition) is 2. The molecule has 0 aliphatic heterocycles. The second-order valence-electron chi connectivity index (χ2n) is 6.86. The number of benzene rings is 2. The predicted molar refractivity (Wildman–Crippen MR) is 114 cm³/mol. The van der Waals surface area contributed by atoms with E-state index in [0.717, 1.165) is 27.5 Å². The monoisotopic (exact) mass is 382 g/mol. The van der Waals surface area contributed by atoms with Crippen molar-refractivity contribution in [3.05, 3.63) is 108 Å². The van der Waals surface area contributed by atoms with Gasteiger partial charge in [-0.3, -0.25) is 20.1 Å². The molecule has 0 aliphatic rings. The lowest BCUT2D eigenvalue weighted by atomic mass is 10.0. The molecule has 0 bridgehead atoms. The maximum absolute atomic E-state index is 13.1. The first-order valence-electron chi connectivity index (χ1n) is 9.57. The quantitative estimate of drug-likeness (QED) is 0.511. The fourth-order valence-corrected chi connectivity index (χ4v) is 3.26. The average molecular weight is 382 g/mol. The minimum absolute atomic E-state index is 0.0685. The summed E-state index contributed by atoms with van der Waals surface area (Å²) in [5.41, 5.74) is 2.97. The van der Waals surface area contributed by atoms with Gasteiger partial charge >= 0.3 is 0 Å². The summed E-state index contributed by atoms with van der Waals surface area (Å²) in [6.45, 7) is 1.01. The van der Waals surface area contributed by atoms with Crippen molar-refractivity contribution >= 4 is 16.7 Å². The first-order chi connectivity index (χ1) is 14.3. The van der Waals surface area contributed by atoms with Crippen LogP contribution in [0.3, 0.4) is 0 Å². The minimum Gasteiger partial charge on any atom is -0.350 e. The van der Waals surface area contributed by atoms with E-state index < -0.39 is 6.04 Å². The summed E-state index contributed by atoms with van der Waals surface area (Å²) < 4.78 is 0. The van der Waals surface area contributed by atoms with Crippen LogP contribution in [0.25, 0.3) is 10.8 Å². The lowest BCUT2D eigenvalue weighted by molar-refractivity contribution is -0.123. The molecule has 0 saturated carbocycles. The molecule has 1 unspecified atom stereocenters. The highest BCUT2D eigenvalue weighted by molar-refractivity contribution is 5.87. The lowest BCUT2D eigenvalue weighted by Crippen LogP contribution is -2.37. The fraction of sp³-hybridized carbons (Fsp3) is 0.125. The molecule has 0 spiro atoms. The highest BCUT2D eigenvalue weighted by Crippen LogP contribution is 2.21. The zero-order valence-corrected chi connectivity index (χ0v) is 16.0. The van der Waals surface area contributed by atoms with Crippen molar-refractivity contribution in [2.45, 2.75) is 19.1 Å². The van der Waals surface area contributed by atoms with Gasteiger partial charge in [-0.15, -0.1) is 0 Å². The zero-order chi connectivity index (χ0) is 19.9. The molecule has 2 aromatic carbocycles. The van der Waals surface area contributed by atoms with Crippen LogP contribution in [0.2, 0.25) is 0 Å². The van der Waals surface area contributed by atoms with Crippen LogP contribution in [0.4, 0.5) is 0 Å². The summed E-state index contributed by atoms with van der Waals surface area (Å²) in [4.78, 5) is 21.2. The van der Waals surface area contributed by atoms with Crippen LogP contribution in [-0.2, 0) is 17.9 Å². The number of rotatable bonds is 7. The summed E-state index contributed by atoms with van der Waals surface area (Å²) in [5.74, 6) is -0.0685. The number of pyridine rings is 2. The van der Waals surface area contributed by atoms with Gasteiger partial charge in [-0.2, -0.15) is 0 Å². The average Bonchev–Trinajstić information content (AvgIpc) is 2.79. The Kier molecular flexibility index (Phi) is 5.88. The Balaban J connectivity index is 1.55. The predicted octanol–water partition coefficient (Wildman–Crippen LogP) is 3.78. The van der Waals surface area contributed by atoms with Crippen molar-refractivity contribution in [3.8, 4) is 0 Å². The van der Waals surface area contributed by atoms with Gasteiger partial charge in [0.1, 0.15) is 6.04 Å². The van der Waals surface area contributed by atoms with Crippen molar-refractivity contribution in [1.29, 1.82) is 0 Å². The zero-order valence-electron chi connectivity index (χ0n) is 16.0. The van der Waals surface area contributed by atoms with Gasteiger partial charge in [0.05, 0.1) is 0 Å². The largest absolute Gasteiger partial charge is 0.350 e. The van der Waals surface area contributed by atoms with Gasteiger partial charge in [0, 0.05) is 37.9 Å². The van der Waals surface area contributed by atoms with E-state index in [1.807, 2.05) is 42.5 Å². The summed E-state index contributed by atoms with van der Waals surface area (Å²) in [7, 11) is 0. The van der Waals surface area contributed by atoms with Crippen LogP contribution >= 0.6 is 0 Å². The number of fused-ring (bicyclic) bond motifs is 1. The Morgan fingerprint density at radius 3 is 2.41 bits per heavy atom. The van der Waals surface area contributed by atoms with E-state index >= 15 is 0 Å². The van der Waals surface area contributed by atoms with E-state index in [1.165, 1.54) is 0 Å². The van der Waals surface area contributed by atoms with E-state index in [2.05, 4.69) is 44.9 Å². The van der Waals surface area contributed by atoms with Crippen LogP contribution in [0.1, 0.15) is 22.7 Å². The number of aromatic nitrogens is 2. The number of amides is 1. The standard InChI is InChI=1S/C24H22N4O/c29-24(28-16-18-9-12-25-13-10-18)23(27-17-19-4-3-11-26-15-19)22-8-7-20-5-1-2-6-21(20)14-22/h1-15,23,27H,16-17H2,(H,28,29). The van der Waals surface area contributed by atoms with E-state index in [4.69, 9.17) is 0 Å². The molecule has 0 fully saturated rings. The van der Waals surface area contributed by atoms with Gasteiger partial charge in [-0.25, -0.2) is 0 Å². The van der Waals surface area contributed by atoms with Crippen molar-refractivity contribution in [1.82, 2.24) is 20.6 Å². The third-order valence-electron chi connectivity index (χ3n) is 4.82. The first kappa shape index (κ1) is 18.8. The molecule has 5 nitrogen and oxygen atoms in total. The smallest absolute Gasteiger partial charge is 0.242 e. The van der Waals surface area contributed by atoms with Crippen LogP contribution in [0.15, 0.2) is 91.5 Å². The molecule has 1 atom stereocenters. The maximum Gasteiger partial charge on any atom is 0.242 e. The van der Waals surface area contributed by atoms with Gasteiger partial charge < -0.3 is 5.32 Å². The van der Waals surface area contributed by atoms with E-state index in [0.29, 0.717) is 13.1 Å². The van der Waals surface area contributed by atoms with Crippen LogP contribution in [0.5, 0.6) is 0 Å². The lowest BCUT2D eigenvalue weighted by Gasteiger charge is -2.19. The molecule has 144 valence electrons. The summed E-state index contributed by atoms with van der Waals surface area (Å²) >= 11 is 0. The molecular formula is C24H22N4O. The van der Waals surface area contributed by atoms with Crippen LogP contribution in [-0.4, -0.2) is 15.9 Å². The Labute approximate surface area is 169 Å². The summed E-state index contributed by atoms with van der Waals surface area (Å²) in [5, 5.41) is 8.69. The number of hydrogen-bond acceptors (Lipinski definition) is 4. The fourth-order valence-electron chi connectivity index (χ4n) is 3.26. The SMILES string of the molecule is O=C(NCc1ccncc1)C(NCc1cccnc1)c1ccc2ccccc2c1. The molecule has 2 N–H and O–H groups in total. The summed E-state index contributed by atoms with van der Waals surface area (Å²) in [6, 6.07) is 21.5. The number of nitrogens with one attached hydrogen (secondary N) is 2. The Bertz CT molecular complexity index is 1080. The Morgan fingerprint density at radius 2 is 1.62 bits per heavy atom. The van der Waals surface area contributed by atoms with Crippen molar-refractivity contribution < 1.29 is 4.79 Å². The molecule has 4 rings (SSSR count). The minimum atomic E-state index is -0.471. The Morgan fingerprint density at radius 1 is 0.793 bits per heavy atom. The second-order valence-corrected chi connectivity index (χ2v) is 6.86. The molecule has 5 heteroatoms. The van der Waals surface area contributed by atoms with Gasteiger partial charge in [0.15, 0.2) is 0 Å². The van der Waals surface area contributed by atoms with E-state index in [1.54, 1.807) is 24.8 Å². The van der Waals surface area contributed by atoms with Gasteiger partial charge in [-0.1, -0.05) is 42.5 Å². The van der Waals surface area contributed by atoms with E-state index in [-0.39, 0.29) is 5.91 Å². The molecule has 2 heterocycles. The molecule has 2 aromatic heterocycles. The van der Waals surface area contributed by atoms with Crippen molar-refractivity contribution in [2.24, 2.45) is 0 Å². The molecule has 0 saturated heterocycles. The molecule has 1 amide bonds. The Hall–Kier alpha value is -3.57. The highest BCUT2D eigenvalue weighted by atomic mass is 16.2. The maximum atomic E-state index is 13.1. The third kappa shape index (κ3) is 4.83. The van der Waals surface area contributed by atoms with Crippen molar-refractivity contribution in [2.75, 3.05) is 0 Å². The molecule has 0 aliphatic carbocycles. The number of carbonyl (C=O) groups excluding carboxylic acids is 1. The number of nitrogens with zero attached hydrogens (tertiary/aromatic N) is 2. The highest BCUT2D eigenvalue weighted by Gasteiger charge is 2.20. The van der Waals surface area contributed by atoms with Gasteiger partial charge in [-0.05, 0) is 51.7 Å². The third-order valence-corrected chi connectivity index (χ3v) is 4.82. The molecular weight excluding hydrogens is 360 g/mol. The molecule has 0 radical (unpaired) electrons. The number of carbonyl (C=O) groups is 1. The van der Waals surface area contributed by atoms with E-state index in [9.17, 15) is 4.79 Å². The van der Waals surface area contributed by atoms with Gasteiger partial charge in [0.2, 0.25) is 5.91 Å². The second kappa shape index (κ2) is 9.08. The molecule has 4 aromatic rings.